The third-order valence-electron chi connectivity index (χ3n) is 4.98. The minimum atomic E-state index is 0.198. The van der Waals surface area contributed by atoms with E-state index in [2.05, 4.69) is 60.2 Å². The molecular weight excluding hydrogens is 330 g/mol. The van der Waals surface area contributed by atoms with Crippen LogP contribution in [0.5, 0.6) is 0 Å². The zero-order chi connectivity index (χ0) is 17.8. The van der Waals surface area contributed by atoms with Crippen LogP contribution in [-0.4, -0.2) is 27.9 Å². The second kappa shape index (κ2) is 8.00. The molecule has 2 heterocycles. The van der Waals surface area contributed by atoms with Crippen LogP contribution in [-0.2, 0) is 17.6 Å². The smallest absolute Gasteiger partial charge is 0.229 e. The van der Waals surface area contributed by atoms with Crippen molar-refractivity contribution in [2.24, 2.45) is 0 Å². The van der Waals surface area contributed by atoms with Crippen LogP contribution in [0.1, 0.15) is 51.3 Å². The number of amides is 1. The van der Waals surface area contributed by atoms with Crippen molar-refractivity contribution >= 4 is 28.1 Å². The predicted octanol–water partition coefficient (Wildman–Crippen LogP) is 4.78. The van der Waals surface area contributed by atoms with E-state index in [0.29, 0.717) is 18.5 Å². The van der Waals surface area contributed by atoms with Gasteiger partial charge in [-0.15, -0.1) is 11.3 Å². The molecule has 0 saturated carbocycles. The zero-order valence-corrected chi connectivity index (χ0v) is 16.1. The van der Waals surface area contributed by atoms with Gasteiger partial charge in [-0.1, -0.05) is 19.1 Å². The molecule has 25 heavy (non-hydrogen) atoms. The third kappa shape index (κ3) is 4.40. The fraction of sp³-hybridized carbons (Fsp3) is 0.500. The Morgan fingerprint density at radius 1 is 1.24 bits per heavy atom. The maximum atomic E-state index is 12.7. The molecule has 0 radical (unpaired) electrons. The molecule has 2 atom stereocenters. The van der Waals surface area contributed by atoms with Gasteiger partial charge in [0.1, 0.15) is 0 Å². The lowest BCUT2D eigenvalue weighted by molar-refractivity contribution is -0.136. The summed E-state index contributed by atoms with van der Waals surface area (Å²) >= 11 is 1.55. The SMILES string of the molecule is CCc1ccc(Nc2nc(CC(=O)N3C(C)CCCC3C)cs2)cc1. The lowest BCUT2D eigenvalue weighted by Crippen LogP contribution is -2.48. The standard InChI is InChI=1S/C20H27N3OS/c1-4-16-8-10-17(11-9-16)21-20-22-18(13-25-20)12-19(24)23-14(2)6-5-7-15(23)3/h8-11,13-15H,4-7,12H2,1-3H3,(H,21,22). The first kappa shape index (κ1) is 17.9. The molecule has 3 rings (SSSR count). The number of anilines is 2. The Labute approximate surface area is 154 Å². The number of carbonyl (C=O) groups excluding carboxylic acids is 1. The van der Waals surface area contributed by atoms with Crippen LogP contribution < -0.4 is 5.32 Å². The summed E-state index contributed by atoms with van der Waals surface area (Å²) < 4.78 is 0. The number of hydrogen-bond acceptors (Lipinski definition) is 4. The molecule has 4 nitrogen and oxygen atoms in total. The van der Waals surface area contributed by atoms with Crippen molar-refractivity contribution in [2.45, 2.75) is 65.0 Å². The minimum Gasteiger partial charge on any atom is -0.337 e. The number of nitrogens with one attached hydrogen (secondary N) is 1. The summed E-state index contributed by atoms with van der Waals surface area (Å²) in [6.45, 7) is 6.46. The van der Waals surface area contributed by atoms with Gasteiger partial charge < -0.3 is 10.2 Å². The summed E-state index contributed by atoms with van der Waals surface area (Å²) in [5.74, 6) is 0.198. The molecule has 1 aliphatic rings. The van der Waals surface area contributed by atoms with Gasteiger partial charge in [0, 0.05) is 23.2 Å². The van der Waals surface area contributed by atoms with E-state index in [9.17, 15) is 4.79 Å². The van der Waals surface area contributed by atoms with Crippen LogP contribution in [0.4, 0.5) is 10.8 Å². The maximum absolute atomic E-state index is 12.7. The van der Waals surface area contributed by atoms with Gasteiger partial charge in [0.15, 0.2) is 5.13 Å². The Bertz CT molecular complexity index is 700. The maximum Gasteiger partial charge on any atom is 0.229 e. The van der Waals surface area contributed by atoms with Crippen molar-refractivity contribution in [2.75, 3.05) is 5.32 Å². The fourth-order valence-electron chi connectivity index (χ4n) is 3.55. The van der Waals surface area contributed by atoms with Crippen molar-refractivity contribution < 1.29 is 4.79 Å². The molecule has 0 aliphatic carbocycles. The van der Waals surface area contributed by atoms with Gasteiger partial charge >= 0.3 is 0 Å². The molecule has 1 aromatic heterocycles. The predicted molar refractivity (Wildman–Crippen MR) is 105 cm³/mol. The van der Waals surface area contributed by atoms with Crippen LogP contribution in [0.15, 0.2) is 29.6 Å². The third-order valence-corrected chi connectivity index (χ3v) is 5.79. The second-order valence-electron chi connectivity index (χ2n) is 6.93. The number of rotatable bonds is 5. The zero-order valence-electron chi connectivity index (χ0n) is 15.3. The van der Waals surface area contributed by atoms with Gasteiger partial charge in [-0.3, -0.25) is 4.79 Å². The average molecular weight is 358 g/mol. The first-order chi connectivity index (χ1) is 12.1. The van der Waals surface area contributed by atoms with Crippen LogP contribution in [0, 0.1) is 0 Å². The lowest BCUT2D eigenvalue weighted by atomic mass is 9.97. The molecule has 1 aromatic carbocycles. The average Bonchev–Trinajstić information content (AvgIpc) is 3.02. The molecule has 1 saturated heterocycles. The van der Waals surface area contributed by atoms with E-state index < -0.39 is 0 Å². The van der Waals surface area contributed by atoms with Crippen LogP contribution >= 0.6 is 11.3 Å². The van der Waals surface area contributed by atoms with Crippen LogP contribution in [0.3, 0.4) is 0 Å². The topological polar surface area (TPSA) is 45.2 Å². The highest BCUT2D eigenvalue weighted by molar-refractivity contribution is 7.13. The number of thiazole rings is 1. The summed E-state index contributed by atoms with van der Waals surface area (Å²) in [6, 6.07) is 9.07. The van der Waals surface area contributed by atoms with E-state index in [-0.39, 0.29) is 5.91 Å². The number of likely N-dealkylation sites (tertiary alicyclic amines) is 1. The van der Waals surface area contributed by atoms with Gasteiger partial charge in [0.25, 0.3) is 0 Å². The molecule has 1 aliphatic heterocycles. The van der Waals surface area contributed by atoms with Gasteiger partial charge in [0.05, 0.1) is 12.1 Å². The van der Waals surface area contributed by atoms with Crippen LogP contribution in [0.2, 0.25) is 0 Å². The Morgan fingerprint density at radius 3 is 2.56 bits per heavy atom. The number of carbonyl (C=O) groups is 1. The molecule has 1 amide bonds. The van der Waals surface area contributed by atoms with E-state index in [0.717, 1.165) is 35.8 Å². The summed E-state index contributed by atoms with van der Waals surface area (Å²) in [7, 11) is 0. The van der Waals surface area contributed by atoms with Crippen molar-refractivity contribution in [1.82, 2.24) is 9.88 Å². The van der Waals surface area contributed by atoms with E-state index in [4.69, 9.17) is 0 Å². The highest BCUT2D eigenvalue weighted by atomic mass is 32.1. The molecule has 1 N–H and O–H groups in total. The first-order valence-electron chi connectivity index (χ1n) is 9.18. The van der Waals surface area contributed by atoms with E-state index in [1.54, 1.807) is 11.3 Å². The Morgan fingerprint density at radius 2 is 1.92 bits per heavy atom. The number of nitrogens with zero attached hydrogens (tertiary/aromatic N) is 2. The minimum absolute atomic E-state index is 0.198. The van der Waals surface area contributed by atoms with Crippen molar-refractivity contribution in [1.29, 1.82) is 0 Å². The van der Waals surface area contributed by atoms with Gasteiger partial charge in [-0.25, -0.2) is 4.98 Å². The Kier molecular flexibility index (Phi) is 5.74. The summed E-state index contributed by atoms with van der Waals surface area (Å²) in [5.41, 5.74) is 3.20. The second-order valence-corrected chi connectivity index (χ2v) is 7.78. The Balaban J connectivity index is 1.61. The monoisotopic (exact) mass is 357 g/mol. The van der Waals surface area contributed by atoms with Gasteiger partial charge in [-0.2, -0.15) is 0 Å². The van der Waals surface area contributed by atoms with Gasteiger partial charge in [0.2, 0.25) is 5.91 Å². The number of aromatic nitrogens is 1. The highest BCUT2D eigenvalue weighted by Gasteiger charge is 2.29. The molecule has 2 aromatic rings. The van der Waals surface area contributed by atoms with E-state index in [1.165, 1.54) is 12.0 Å². The molecule has 0 spiro atoms. The highest BCUT2D eigenvalue weighted by Crippen LogP contribution is 2.25. The molecule has 134 valence electrons. The molecule has 2 unspecified atom stereocenters. The molecule has 5 heteroatoms. The van der Waals surface area contributed by atoms with Crippen LogP contribution in [0.25, 0.3) is 0 Å². The Hall–Kier alpha value is -1.88. The van der Waals surface area contributed by atoms with Gasteiger partial charge in [-0.05, 0) is 57.2 Å². The summed E-state index contributed by atoms with van der Waals surface area (Å²) in [6.07, 6.45) is 4.86. The van der Waals surface area contributed by atoms with E-state index >= 15 is 0 Å². The fourth-order valence-corrected chi connectivity index (χ4v) is 4.28. The van der Waals surface area contributed by atoms with Crippen molar-refractivity contribution in [3.8, 4) is 0 Å². The number of piperidine rings is 1. The summed E-state index contributed by atoms with van der Waals surface area (Å²) in [5, 5.41) is 6.15. The molecule has 1 fully saturated rings. The quantitative estimate of drug-likeness (QED) is 0.837. The number of benzene rings is 1. The molecular formula is C20H27N3OS. The summed E-state index contributed by atoms with van der Waals surface area (Å²) in [4.78, 5) is 19.3. The van der Waals surface area contributed by atoms with E-state index in [1.807, 2.05) is 5.38 Å². The largest absolute Gasteiger partial charge is 0.337 e. The normalized spacial score (nSPS) is 20.5. The number of aryl methyl sites for hydroxylation is 1. The van der Waals surface area contributed by atoms with Crippen molar-refractivity contribution in [3.63, 3.8) is 0 Å². The first-order valence-corrected chi connectivity index (χ1v) is 10.1. The lowest BCUT2D eigenvalue weighted by Gasteiger charge is -2.39. The molecule has 0 bridgehead atoms. The number of hydrogen-bond donors (Lipinski definition) is 1. The van der Waals surface area contributed by atoms with Crippen molar-refractivity contribution in [3.05, 3.63) is 40.9 Å².